The molecule has 1 N–H and O–H groups in total. The lowest BCUT2D eigenvalue weighted by Crippen LogP contribution is -2.26. The topological polar surface area (TPSA) is 38.3 Å². The molecule has 3 heteroatoms. The van der Waals surface area contributed by atoms with Gasteiger partial charge in [-0.2, -0.15) is 0 Å². The lowest BCUT2D eigenvalue weighted by Gasteiger charge is -2.22. The molecule has 0 spiro atoms. The highest BCUT2D eigenvalue weighted by Gasteiger charge is 2.14. The highest BCUT2D eigenvalue weighted by Crippen LogP contribution is 2.19. The first-order valence-corrected chi connectivity index (χ1v) is 5.80. The van der Waals surface area contributed by atoms with Gasteiger partial charge in [-0.15, -0.1) is 0 Å². The van der Waals surface area contributed by atoms with Gasteiger partial charge in [0.2, 0.25) is 5.91 Å². The Morgan fingerprint density at radius 3 is 2.27 bits per heavy atom. The van der Waals surface area contributed by atoms with E-state index in [1.165, 1.54) is 6.92 Å². The molecule has 0 fully saturated rings. The summed E-state index contributed by atoms with van der Waals surface area (Å²) in [6, 6.07) is 0. The molecule has 3 nitrogen and oxygen atoms in total. The van der Waals surface area contributed by atoms with Crippen LogP contribution in [0.15, 0.2) is 0 Å². The molecule has 0 atom stereocenters. The van der Waals surface area contributed by atoms with Crippen LogP contribution in [0.1, 0.15) is 48.0 Å². The van der Waals surface area contributed by atoms with Crippen molar-refractivity contribution in [3.8, 4) is 0 Å². The zero-order valence-corrected chi connectivity index (χ0v) is 11.1. The van der Waals surface area contributed by atoms with Gasteiger partial charge in [0.1, 0.15) is 0 Å². The van der Waals surface area contributed by atoms with Gasteiger partial charge in [-0.25, -0.2) is 0 Å². The third-order valence-corrected chi connectivity index (χ3v) is 2.07. The molecule has 0 heterocycles. The van der Waals surface area contributed by atoms with Crippen LogP contribution in [-0.4, -0.2) is 25.7 Å². The SMILES string of the molecule is CC.CCC(C)(C)COCCNC(C)=O. The number of hydrogen-bond donors (Lipinski definition) is 1. The van der Waals surface area contributed by atoms with E-state index in [0.29, 0.717) is 13.2 Å². The normalized spacial score (nSPS) is 10.3. The van der Waals surface area contributed by atoms with E-state index in [4.69, 9.17) is 4.74 Å². The molecule has 0 bridgehead atoms. The summed E-state index contributed by atoms with van der Waals surface area (Å²) in [6.07, 6.45) is 1.10. The standard InChI is InChI=1S/C10H21NO2.C2H6/c1-5-10(3,4)8-13-7-6-11-9(2)12;1-2/h5-8H2,1-4H3,(H,11,12);1-2H3. The number of ether oxygens (including phenoxy) is 1. The van der Waals surface area contributed by atoms with Crippen molar-refractivity contribution < 1.29 is 9.53 Å². The van der Waals surface area contributed by atoms with Crippen molar-refractivity contribution in [2.45, 2.75) is 48.0 Å². The van der Waals surface area contributed by atoms with Gasteiger partial charge in [0.05, 0.1) is 13.2 Å². The first-order chi connectivity index (χ1) is 6.98. The van der Waals surface area contributed by atoms with Crippen LogP contribution in [0.5, 0.6) is 0 Å². The van der Waals surface area contributed by atoms with E-state index in [2.05, 4.69) is 26.1 Å². The minimum absolute atomic E-state index is 0.00153. The van der Waals surface area contributed by atoms with Crippen LogP contribution in [0.2, 0.25) is 0 Å². The van der Waals surface area contributed by atoms with E-state index in [9.17, 15) is 4.79 Å². The third-order valence-electron chi connectivity index (χ3n) is 2.07. The number of carbonyl (C=O) groups is 1. The van der Waals surface area contributed by atoms with Gasteiger partial charge in [-0.3, -0.25) is 4.79 Å². The van der Waals surface area contributed by atoms with E-state index >= 15 is 0 Å². The number of carbonyl (C=O) groups excluding carboxylic acids is 1. The van der Waals surface area contributed by atoms with Crippen LogP contribution in [0.4, 0.5) is 0 Å². The molecule has 0 aliphatic carbocycles. The van der Waals surface area contributed by atoms with Crippen LogP contribution >= 0.6 is 0 Å². The molecule has 15 heavy (non-hydrogen) atoms. The number of rotatable bonds is 6. The van der Waals surface area contributed by atoms with Crippen molar-refractivity contribution in [1.29, 1.82) is 0 Å². The predicted octanol–water partition coefficient (Wildman–Crippen LogP) is 2.60. The fourth-order valence-corrected chi connectivity index (χ4v) is 0.750. The van der Waals surface area contributed by atoms with Gasteiger partial charge in [-0.1, -0.05) is 34.6 Å². The Kier molecular flexibility index (Phi) is 11.2. The monoisotopic (exact) mass is 217 g/mol. The van der Waals surface area contributed by atoms with Gasteiger partial charge >= 0.3 is 0 Å². The minimum atomic E-state index is -0.00153. The zero-order chi connectivity index (χ0) is 12.3. The summed E-state index contributed by atoms with van der Waals surface area (Å²) < 4.78 is 5.42. The van der Waals surface area contributed by atoms with Gasteiger partial charge in [0.15, 0.2) is 0 Å². The van der Waals surface area contributed by atoms with Gasteiger partial charge in [0.25, 0.3) is 0 Å². The molecule has 0 saturated carbocycles. The molecular weight excluding hydrogens is 190 g/mol. The fraction of sp³-hybridized carbons (Fsp3) is 0.917. The molecule has 0 aromatic heterocycles. The lowest BCUT2D eigenvalue weighted by molar-refractivity contribution is -0.119. The Balaban J connectivity index is 0. The molecular formula is C12H27NO2. The van der Waals surface area contributed by atoms with Crippen LogP contribution in [-0.2, 0) is 9.53 Å². The Bertz CT molecular complexity index is 156. The summed E-state index contributed by atoms with van der Waals surface area (Å²) >= 11 is 0. The second-order valence-electron chi connectivity index (χ2n) is 4.05. The van der Waals surface area contributed by atoms with Crippen molar-refractivity contribution in [2.75, 3.05) is 19.8 Å². The Morgan fingerprint density at radius 2 is 1.87 bits per heavy atom. The lowest BCUT2D eigenvalue weighted by atomic mass is 9.92. The number of hydrogen-bond acceptors (Lipinski definition) is 2. The molecule has 0 unspecified atom stereocenters. The molecule has 0 aromatic rings. The number of nitrogens with one attached hydrogen (secondary N) is 1. The van der Waals surface area contributed by atoms with E-state index in [1.807, 2.05) is 13.8 Å². The molecule has 0 rings (SSSR count). The van der Waals surface area contributed by atoms with E-state index in [-0.39, 0.29) is 11.3 Å². The average molecular weight is 217 g/mol. The van der Waals surface area contributed by atoms with Crippen LogP contribution in [0.3, 0.4) is 0 Å². The molecule has 0 aromatic carbocycles. The highest BCUT2D eigenvalue weighted by atomic mass is 16.5. The summed E-state index contributed by atoms with van der Waals surface area (Å²) in [5.41, 5.74) is 0.246. The van der Waals surface area contributed by atoms with Gasteiger partial charge in [-0.05, 0) is 11.8 Å². The fourth-order valence-electron chi connectivity index (χ4n) is 0.750. The summed E-state index contributed by atoms with van der Waals surface area (Å²) in [4.78, 5) is 10.5. The summed E-state index contributed by atoms with van der Waals surface area (Å²) in [7, 11) is 0. The van der Waals surface area contributed by atoms with Gasteiger partial charge < -0.3 is 10.1 Å². The Morgan fingerprint density at radius 1 is 1.33 bits per heavy atom. The molecule has 92 valence electrons. The van der Waals surface area contributed by atoms with Gasteiger partial charge in [0, 0.05) is 13.5 Å². The maximum atomic E-state index is 10.5. The molecule has 0 aliphatic rings. The summed E-state index contributed by atoms with van der Waals surface area (Å²) in [5.74, 6) is -0.00153. The second-order valence-corrected chi connectivity index (χ2v) is 4.05. The summed E-state index contributed by atoms with van der Waals surface area (Å²) in [6.45, 7) is 14.0. The quantitative estimate of drug-likeness (QED) is 0.694. The third kappa shape index (κ3) is 13.4. The first-order valence-electron chi connectivity index (χ1n) is 5.80. The molecule has 0 saturated heterocycles. The Labute approximate surface area is 94.6 Å². The van der Waals surface area contributed by atoms with Crippen molar-refractivity contribution in [3.63, 3.8) is 0 Å². The van der Waals surface area contributed by atoms with Crippen LogP contribution in [0.25, 0.3) is 0 Å². The van der Waals surface area contributed by atoms with E-state index in [1.54, 1.807) is 0 Å². The van der Waals surface area contributed by atoms with E-state index < -0.39 is 0 Å². The van der Waals surface area contributed by atoms with Crippen molar-refractivity contribution in [3.05, 3.63) is 0 Å². The number of amides is 1. The highest BCUT2D eigenvalue weighted by molar-refractivity contribution is 5.72. The zero-order valence-electron chi connectivity index (χ0n) is 11.1. The van der Waals surface area contributed by atoms with Crippen molar-refractivity contribution in [2.24, 2.45) is 5.41 Å². The van der Waals surface area contributed by atoms with Crippen LogP contribution in [0, 0.1) is 5.41 Å². The smallest absolute Gasteiger partial charge is 0.216 e. The molecule has 1 amide bonds. The van der Waals surface area contributed by atoms with E-state index in [0.717, 1.165) is 13.0 Å². The molecule has 0 aliphatic heterocycles. The maximum Gasteiger partial charge on any atom is 0.216 e. The average Bonchev–Trinajstić information content (AvgIpc) is 2.20. The van der Waals surface area contributed by atoms with Crippen LogP contribution < -0.4 is 5.32 Å². The second kappa shape index (κ2) is 9.97. The predicted molar refractivity (Wildman–Crippen MR) is 64.9 cm³/mol. The molecule has 0 radical (unpaired) electrons. The maximum absolute atomic E-state index is 10.5. The van der Waals surface area contributed by atoms with Crippen molar-refractivity contribution in [1.82, 2.24) is 5.32 Å². The largest absolute Gasteiger partial charge is 0.379 e. The van der Waals surface area contributed by atoms with Crippen molar-refractivity contribution >= 4 is 5.91 Å². The first kappa shape index (κ1) is 16.8. The minimum Gasteiger partial charge on any atom is -0.379 e. The Hall–Kier alpha value is -0.570. The summed E-state index contributed by atoms with van der Waals surface area (Å²) in [5, 5.41) is 2.69.